The highest BCUT2D eigenvalue weighted by molar-refractivity contribution is 5.84. The Morgan fingerprint density at radius 2 is 2.30 bits per heavy atom. The van der Waals surface area contributed by atoms with Gasteiger partial charge in [-0.05, 0) is 19.9 Å². The summed E-state index contributed by atoms with van der Waals surface area (Å²) in [6, 6.07) is 0. The average molecular weight is 133 g/mol. The van der Waals surface area contributed by atoms with Crippen molar-refractivity contribution < 1.29 is 0 Å². The Morgan fingerprint density at radius 1 is 1.50 bits per heavy atom. The molecule has 0 amide bonds. The zero-order valence-electron chi connectivity index (χ0n) is 6.39. The molecule has 0 aliphatic carbocycles. The number of allylic oxidation sites excluding steroid dienone is 3. The van der Waals surface area contributed by atoms with Crippen molar-refractivity contribution in [3.63, 3.8) is 0 Å². The van der Waals surface area contributed by atoms with Crippen molar-refractivity contribution >= 4 is 5.71 Å². The van der Waals surface area contributed by atoms with Crippen LogP contribution >= 0.6 is 0 Å². The second-order valence-electron chi connectivity index (χ2n) is 2.52. The summed E-state index contributed by atoms with van der Waals surface area (Å²) >= 11 is 0. The molecule has 1 rings (SSSR count). The third-order valence-corrected chi connectivity index (χ3v) is 1.36. The molecule has 0 spiro atoms. The first-order chi connectivity index (χ1) is 4.79. The van der Waals surface area contributed by atoms with Crippen LogP contribution in [0.4, 0.5) is 0 Å². The molecule has 0 fully saturated rings. The first-order valence-electron chi connectivity index (χ1n) is 3.39. The minimum atomic E-state index is 0.981. The van der Waals surface area contributed by atoms with E-state index < -0.39 is 0 Å². The topological polar surface area (TPSA) is 12.4 Å². The lowest BCUT2D eigenvalue weighted by Crippen LogP contribution is -1.91. The lowest BCUT2D eigenvalue weighted by atomic mass is 10.1. The van der Waals surface area contributed by atoms with Gasteiger partial charge in [-0.2, -0.15) is 0 Å². The molecule has 0 bridgehead atoms. The highest BCUT2D eigenvalue weighted by Crippen LogP contribution is 2.03. The Labute approximate surface area is 61.5 Å². The Morgan fingerprint density at radius 3 is 3.10 bits per heavy atom. The third kappa shape index (κ3) is 2.04. The van der Waals surface area contributed by atoms with Crippen molar-refractivity contribution in [2.75, 3.05) is 0 Å². The van der Waals surface area contributed by atoms with Crippen molar-refractivity contribution in [3.05, 3.63) is 29.7 Å². The average Bonchev–Trinajstić information content (AvgIpc) is 1.83. The standard InChI is InChI=1S/C9H11N/c1-8-5-3-4-6-10-9(2)7-8/h3,5-6H,7H2,1-2H3. The van der Waals surface area contributed by atoms with E-state index in [-0.39, 0.29) is 0 Å². The van der Waals surface area contributed by atoms with Gasteiger partial charge in [-0.25, -0.2) is 0 Å². The molecule has 0 radical (unpaired) electrons. The highest BCUT2D eigenvalue weighted by Gasteiger charge is 1.92. The molecule has 1 aliphatic heterocycles. The summed E-state index contributed by atoms with van der Waals surface area (Å²) in [4.78, 5) is 4.14. The van der Waals surface area contributed by atoms with Gasteiger partial charge in [0.15, 0.2) is 0 Å². The minimum Gasteiger partial charge on any atom is -0.257 e. The number of aliphatic imine (C=N–C) groups is 1. The minimum absolute atomic E-state index is 0.981. The molecular weight excluding hydrogens is 122 g/mol. The molecule has 1 aliphatic rings. The van der Waals surface area contributed by atoms with Crippen molar-refractivity contribution in [1.29, 1.82) is 0 Å². The third-order valence-electron chi connectivity index (χ3n) is 1.36. The summed E-state index contributed by atoms with van der Waals surface area (Å²) < 4.78 is 0. The predicted molar refractivity (Wildman–Crippen MR) is 44.1 cm³/mol. The summed E-state index contributed by atoms with van der Waals surface area (Å²) in [5, 5.41) is 0. The number of nitrogens with zero attached hydrogens (tertiary/aromatic N) is 1. The first-order valence-corrected chi connectivity index (χ1v) is 3.39. The summed E-state index contributed by atoms with van der Waals surface area (Å²) in [6.07, 6.45) is 6.65. The Balaban J connectivity index is 2.90. The zero-order chi connectivity index (χ0) is 7.40. The van der Waals surface area contributed by atoms with E-state index in [1.165, 1.54) is 5.57 Å². The fraction of sp³-hybridized carbons (Fsp3) is 0.333. The lowest BCUT2D eigenvalue weighted by Gasteiger charge is -1.98. The molecule has 52 valence electrons. The summed E-state index contributed by atoms with van der Waals surface area (Å²) in [5.74, 6) is 0. The molecule has 10 heavy (non-hydrogen) atoms. The second-order valence-corrected chi connectivity index (χ2v) is 2.52. The molecule has 0 unspecified atom stereocenters. The summed E-state index contributed by atoms with van der Waals surface area (Å²) in [7, 11) is 0. The Bertz CT molecular complexity index is 215. The van der Waals surface area contributed by atoms with E-state index in [0.29, 0.717) is 0 Å². The normalized spacial score (nSPS) is 17.4. The smallest absolute Gasteiger partial charge is 0.0685 e. The van der Waals surface area contributed by atoms with Crippen LogP contribution in [0.2, 0.25) is 0 Å². The van der Waals surface area contributed by atoms with Gasteiger partial charge in [0.05, 0.1) is 6.20 Å². The van der Waals surface area contributed by atoms with Crippen LogP contribution in [0.5, 0.6) is 0 Å². The zero-order valence-corrected chi connectivity index (χ0v) is 6.39. The van der Waals surface area contributed by atoms with Crippen molar-refractivity contribution in [2.24, 2.45) is 4.99 Å². The number of hydrogen-bond donors (Lipinski definition) is 0. The molecule has 0 atom stereocenters. The lowest BCUT2D eigenvalue weighted by molar-refractivity contribution is 1.23. The molecule has 0 N–H and O–H groups in total. The van der Waals surface area contributed by atoms with Crippen molar-refractivity contribution in [1.82, 2.24) is 0 Å². The first kappa shape index (κ1) is 7.04. The molecule has 0 saturated carbocycles. The van der Waals surface area contributed by atoms with Gasteiger partial charge >= 0.3 is 0 Å². The van der Waals surface area contributed by atoms with Gasteiger partial charge in [-0.15, -0.1) is 5.73 Å². The second kappa shape index (κ2) is 3.19. The molecule has 1 heterocycles. The summed E-state index contributed by atoms with van der Waals surface area (Å²) in [6.45, 7) is 4.13. The highest BCUT2D eigenvalue weighted by atomic mass is 14.7. The molecule has 1 nitrogen and oxygen atoms in total. The quantitative estimate of drug-likeness (QED) is 0.450. The maximum atomic E-state index is 4.14. The monoisotopic (exact) mass is 133 g/mol. The summed E-state index contributed by atoms with van der Waals surface area (Å²) in [5.41, 5.74) is 5.42. The maximum Gasteiger partial charge on any atom is 0.0685 e. The number of hydrogen-bond acceptors (Lipinski definition) is 1. The van der Waals surface area contributed by atoms with E-state index in [1.807, 2.05) is 13.0 Å². The number of rotatable bonds is 0. The van der Waals surface area contributed by atoms with Crippen LogP contribution in [0.25, 0.3) is 0 Å². The SMILES string of the molecule is CC1=CC=C=CN=C(C)C1. The molecule has 0 saturated heterocycles. The van der Waals surface area contributed by atoms with Crippen LogP contribution in [0, 0.1) is 0 Å². The van der Waals surface area contributed by atoms with Crippen LogP contribution in [0.15, 0.2) is 34.6 Å². The molecule has 0 aromatic heterocycles. The Hall–Kier alpha value is -1.07. The van der Waals surface area contributed by atoms with E-state index in [2.05, 4.69) is 23.7 Å². The van der Waals surface area contributed by atoms with Crippen LogP contribution in [-0.4, -0.2) is 5.71 Å². The van der Waals surface area contributed by atoms with Gasteiger partial charge in [0.2, 0.25) is 0 Å². The van der Waals surface area contributed by atoms with E-state index >= 15 is 0 Å². The maximum absolute atomic E-state index is 4.14. The van der Waals surface area contributed by atoms with Gasteiger partial charge < -0.3 is 0 Å². The van der Waals surface area contributed by atoms with Gasteiger partial charge in [0, 0.05) is 12.1 Å². The molecular formula is C9H11N. The van der Waals surface area contributed by atoms with E-state index in [9.17, 15) is 0 Å². The van der Waals surface area contributed by atoms with Crippen LogP contribution in [0.1, 0.15) is 20.3 Å². The van der Waals surface area contributed by atoms with Crippen LogP contribution in [0.3, 0.4) is 0 Å². The largest absolute Gasteiger partial charge is 0.257 e. The Kier molecular flexibility index (Phi) is 2.24. The van der Waals surface area contributed by atoms with Crippen LogP contribution < -0.4 is 0 Å². The fourth-order valence-electron chi connectivity index (χ4n) is 0.889. The van der Waals surface area contributed by atoms with Gasteiger partial charge in [0.1, 0.15) is 0 Å². The van der Waals surface area contributed by atoms with Crippen molar-refractivity contribution in [2.45, 2.75) is 20.3 Å². The van der Waals surface area contributed by atoms with E-state index in [0.717, 1.165) is 12.1 Å². The fourth-order valence-corrected chi connectivity index (χ4v) is 0.889. The van der Waals surface area contributed by atoms with Gasteiger partial charge in [-0.1, -0.05) is 11.6 Å². The molecule has 0 aromatic rings. The predicted octanol–water partition coefficient (Wildman–Crippen LogP) is 2.47. The van der Waals surface area contributed by atoms with E-state index in [1.54, 1.807) is 6.20 Å². The van der Waals surface area contributed by atoms with E-state index in [4.69, 9.17) is 0 Å². The van der Waals surface area contributed by atoms with Crippen LogP contribution in [-0.2, 0) is 0 Å². The van der Waals surface area contributed by atoms with Gasteiger partial charge in [0.25, 0.3) is 0 Å². The molecule has 1 heteroatoms. The van der Waals surface area contributed by atoms with Crippen molar-refractivity contribution in [3.8, 4) is 0 Å². The van der Waals surface area contributed by atoms with Gasteiger partial charge in [-0.3, -0.25) is 4.99 Å². The molecule has 0 aromatic carbocycles.